The summed E-state index contributed by atoms with van der Waals surface area (Å²) in [5.41, 5.74) is 7.32. The number of hydrogen-bond donors (Lipinski definition) is 0. The summed E-state index contributed by atoms with van der Waals surface area (Å²) in [5, 5.41) is 0. The zero-order valence-electron chi connectivity index (χ0n) is 13.5. The molecule has 0 N–H and O–H groups in total. The van der Waals surface area contributed by atoms with Gasteiger partial charge in [0.05, 0.1) is 6.04 Å². The fourth-order valence-electron chi connectivity index (χ4n) is 4.04. The van der Waals surface area contributed by atoms with Crippen LogP contribution in [0.5, 0.6) is 0 Å². The van der Waals surface area contributed by atoms with Crippen molar-refractivity contribution >= 4 is 5.69 Å². The van der Waals surface area contributed by atoms with Gasteiger partial charge in [-0.15, -0.1) is 0 Å². The molecule has 2 aromatic carbocycles. The lowest BCUT2D eigenvalue weighted by atomic mass is 9.95. The first-order valence-corrected chi connectivity index (χ1v) is 8.35. The van der Waals surface area contributed by atoms with Crippen LogP contribution in [0.25, 0.3) is 0 Å². The van der Waals surface area contributed by atoms with Crippen molar-refractivity contribution in [1.82, 2.24) is 4.90 Å². The van der Waals surface area contributed by atoms with Crippen molar-refractivity contribution in [3.05, 3.63) is 64.7 Å². The molecule has 0 aliphatic carbocycles. The van der Waals surface area contributed by atoms with Gasteiger partial charge in [-0.05, 0) is 56.1 Å². The number of rotatable bonds is 0. The molecule has 0 aromatic heterocycles. The highest BCUT2D eigenvalue weighted by atomic mass is 15.2. The Morgan fingerprint density at radius 3 is 2.77 bits per heavy atom. The minimum absolute atomic E-state index is 0.478. The van der Waals surface area contributed by atoms with Crippen LogP contribution in [0.15, 0.2) is 42.5 Å². The van der Waals surface area contributed by atoms with Crippen molar-refractivity contribution < 1.29 is 0 Å². The third kappa shape index (κ3) is 2.32. The fourth-order valence-corrected chi connectivity index (χ4v) is 4.04. The molecule has 1 saturated heterocycles. The first-order valence-electron chi connectivity index (χ1n) is 8.35. The first kappa shape index (κ1) is 13.8. The van der Waals surface area contributed by atoms with Crippen LogP contribution in [0.2, 0.25) is 0 Å². The van der Waals surface area contributed by atoms with Gasteiger partial charge in [0.15, 0.2) is 0 Å². The highest BCUT2D eigenvalue weighted by Crippen LogP contribution is 2.38. The molecule has 22 heavy (non-hydrogen) atoms. The third-order valence-electron chi connectivity index (χ3n) is 5.14. The average Bonchev–Trinajstić information content (AvgIpc) is 2.77. The maximum absolute atomic E-state index is 2.66. The van der Waals surface area contributed by atoms with Crippen LogP contribution in [0.4, 0.5) is 5.69 Å². The minimum atomic E-state index is 0.478. The molecule has 1 atom stereocenters. The Kier molecular flexibility index (Phi) is 3.42. The number of likely N-dealkylation sites (N-methyl/N-ethyl adjacent to an activating group) is 1. The van der Waals surface area contributed by atoms with Gasteiger partial charge >= 0.3 is 0 Å². The third-order valence-corrected chi connectivity index (χ3v) is 5.14. The van der Waals surface area contributed by atoms with E-state index in [9.17, 15) is 0 Å². The topological polar surface area (TPSA) is 6.48 Å². The second kappa shape index (κ2) is 5.44. The summed E-state index contributed by atoms with van der Waals surface area (Å²) in [4.78, 5) is 5.15. The fraction of sp³-hybridized carbons (Fsp3) is 0.400. The van der Waals surface area contributed by atoms with E-state index in [1.807, 2.05) is 0 Å². The summed E-state index contributed by atoms with van der Waals surface area (Å²) in [6, 6.07) is 16.5. The number of para-hydroxylation sites is 1. The Morgan fingerprint density at radius 1 is 1.00 bits per heavy atom. The molecule has 0 bridgehead atoms. The van der Waals surface area contributed by atoms with Crippen LogP contribution < -0.4 is 4.90 Å². The second-order valence-corrected chi connectivity index (χ2v) is 6.83. The zero-order chi connectivity index (χ0) is 15.1. The van der Waals surface area contributed by atoms with Crippen LogP contribution in [0.1, 0.15) is 34.7 Å². The lowest BCUT2D eigenvalue weighted by Crippen LogP contribution is -2.33. The molecule has 2 aliphatic rings. The molecule has 0 radical (unpaired) electrons. The normalized spacial score (nSPS) is 21.4. The quantitative estimate of drug-likeness (QED) is 0.729. The number of anilines is 1. The number of hydrogen-bond acceptors (Lipinski definition) is 2. The molecule has 2 aromatic rings. The van der Waals surface area contributed by atoms with E-state index in [2.05, 4.69) is 66.2 Å². The molecule has 114 valence electrons. The van der Waals surface area contributed by atoms with Gasteiger partial charge in [-0.2, -0.15) is 0 Å². The Balaban J connectivity index is 1.91. The highest BCUT2D eigenvalue weighted by molar-refractivity contribution is 5.60. The van der Waals surface area contributed by atoms with Crippen LogP contribution in [0, 0.1) is 6.92 Å². The van der Waals surface area contributed by atoms with Gasteiger partial charge in [0.25, 0.3) is 0 Å². The van der Waals surface area contributed by atoms with E-state index >= 15 is 0 Å². The Morgan fingerprint density at radius 2 is 1.86 bits per heavy atom. The van der Waals surface area contributed by atoms with E-state index in [0.29, 0.717) is 6.04 Å². The van der Waals surface area contributed by atoms with E-state index in [0.717, 1.165) is 19.5 Å². The van der Waals surface area contributed by atoms with Crippen molar-refractivity contribution in [1.29, 1.82) is 0 Å². The molecular formula is C20H24N2. The Hall–Kier alpha value is -1.80. The molecule has 2 nitrogen and oxygen atoms in total. The molecule has 0 amide bonds. The van der Waals surface area contributed by atoms with E-state index in [1.54, 1.807) is 0 Å². The van der Waals surface area contributed by atoms with Crippen molar-refractivity contribution in [3.63, 3.8) is 0 Å². The molecule has 0 spiro atoms. The summed E-state index contributed by atoms with van der Waals surface area (Å²) in [6.07, 6.45) is 2.30. The van der Waals surface area contributed by atoms with Crippen molar-refractivity contribution in [2.75, 3.05) is 31.6 Å². The molecule has 2 heteroatoms. The molecule has 2 aliphatic heterocycles. The summed E-state index contributed by atoms with van der Waals surface area (Å²) in [5.74, 6) is 0. The largest absolute Gasteiger partial charge is 0.363 e. The molecule has 4 rings (SSSR count). The summed E-state index contributed by atoms with van der Waals surface area (Å²) in [7, 11) is 2.26. The van der Waals surface area contributed by atoms with E-state index < -0.39 is 0 Å². The monoisotopic (exact) mass is 292 g/mol. The van der Waals surface area contributed by atoms with Gasteiger partial charge in [0, 0.05) is 18.8 Å². The Labute approximate surface area is 133 Å². The lowest BCUT2D eigenvalue weighted by Gasteiger charge is -2.33. The van der Waals surface area contributed by atoms with Gasteiger partial charge < -0.3 is 9.80 Å². The smallest absolute Gasteiger partial charge is 0.0672 e. The molecular weight excluding hydrogens is 268 g/mol. The predicted molar refractivity (Wildman–Crippen MR) is 92.6 cm³/mol. The summed E-state index contributed by atoms with van der Waals surface area (Å²) >= 11 is 0. The molecule has 1 unspecified atom stereocenters. The summed E-state index contributed by atoms with van der Waals surface area (Å²) < 4.78 is 0. The number of fused-ring (bicyclic) bond motifs is 5. The van der Waals surface area contributed by atoms with Crippen molar-refractivity contribution in [3.8, 4) is 0 Å². The molecule has 2 heterocycles. The average molecular weight is 292 g/mol. The first-order chi connectivity index (χ1) is 10.7. The standard InChI is InChI=1S/C20H24N2/c1-15-8-9-16-13-17-6-3-4-7-19(17)22-11-5-10-21(2)14-20(22)18(16)12-15/h3-4,6-9,12,20H,5,10-11,13-14H2,1-2H3. The number of aryl methyl sites for hydroxylation is 1. The van der Waals surface area contributed by atoms with E-state index in [4.69, 9.17) is 0 Å². The minimum Gasteiger partial charge on any atom is -0.363 e. The lowest BCUT2D eigenvalue weighted by molar-refractivity contribution is 0.333. The van der Waals surface area contributed by atoms with Gasteiger partial charge in [-0.3, -0.25) is 0 Å². The van der Waals surface area contributed by atoms with Gasteiger partial charge in [0.2, 0.25) is 0 Å². The summed E-state index contributed by atoms with van der Waals surface area (Å²) in [6.45, 7) is 5.67. The van der Waals surface area contributed by atoms with Crippen LogP contribution in [-0.4, -0.2) is 31.6 Å². The highest BCUT2D eigenvalue weighted by Gasteiger charge is 2.30. The second-order valence-electron chi connectivity index (χ2n) is 6.83. The predicted octanol–water partition coefficient (Wildman–Crippen LogP) is 3.78. The van der Waals surface area contributed by atoms with Crippen LogP contribution in [0.3, 0.4) is 0 Å². The Bertz CT molecular complexity index is 692. The number of benzene rings is 2. The SMILES string of the molecule is Cc1ccc2c(c1)C1CN(C)CCCN1c1ccccc1C2. The van der Waals surface area contributed by atoms with Gasteiger partial charge in [-0.1, -0.05) is 42.0 Å². The molecule has 0 saturated carbocycles. The maximum atomic E-state index is 2.66. The van der Waals surface area contributed by atoms with Crippen LogP contribution >= 0.6 is 0 Å². The maximum Gasteiger partial charge on any atom is 0.0672 e. The van der Waals surface area contributed by atoms with Crippen LogP contribution in [-0.2, 0) is 6.42 Å². The zero-order valence-corrected chi connectivity index (χ0v) is 13.5. The van der Waals surface area contributed by atoms with Gasteiger partial charge in [0.1, 0.15) is 0 Å². The van der Waals surface area contributed by atoms with Gasteiger partial charge in [-0.25, -0.2) is 0 Å². The van der Waals surface area contributed by atoms with Crippen molar-refractivity contribution in [2.24, 2.45) is 0 Å². The van der Waals surface area contributed by atoms with Crippen molar-refractivity contribution in [2.45, 2.75) is 25.8 Å². The molecule has 1 fully saturated rings. The number of nitrogens with zero attached hydrogens (tertiary/aromatic N) is 2. The van der Waals surface area contributed by atoms with E-state index in [-0.39, 0.29) is 0 Å². The van der Waals surface area contributed by atoms with E-state index in [1.165, 1.54) is 40.9 Å².